The highest BCUT2D eigenvalue weighted by molar-refractivity contribution is 9.11. The molecule has 0 aliphatic carbocycles. The largest absolute Gasteiger partial charge is 0.369 e. The van der Waals surface area contributed by atoms with Crippen molar-refractivity contribution in [3.8, 4) is 6.07 Å². The zero-order valence-electron chi connectivity index (χ0n) is 10.3. The molecule has 0 N–H and O–H groups in total. The summed E-state index contributed by atoms with van der Waals surface area (Å²) >= 11 is 5.15. The van der Waals surface area contributed by atoms with E-state index in [4.69, 9.17) is 5.26 Å². The number of hydrogen-bond donors (Lipinski definition) is 0. The fourth-order valence-corrected chi connectivity index (χ4v) is 3.04. The Kier molecular flexibility index (Phi) is 4.05. The van der Waals surface area contributed by atoms with Gasteiger partial charge in [-0.05, 0) is 57.6 Å². The molecule has 0 saturated heterocycles. The van der Waals surface area contributed by atoms with E-state index >= 15 is 0 Å². The van der Waals surface area contributed by atoms with Gasteiger partial charge in [0.25, 0.3) is 0 Å². The first-order valence-corrected chi connectivity index (χ1v) is 7.22. The molecule has 0 atom stereocenters. The fourth-order valence-electron chi connectivity index (χ4n) is 1.84. The Morgan fingerprint density at radius 2 is 2.17 bits per heavy atom. The fraction of sp³-hybridized carbons (Fsp3) is 0.214. The first-order chi connectivity index (χ1) is 8.60. The summed E-state index contributed by atoms with van der Waals surface area (Å²) in [6.45, 7) is 2.85. The summed E-state index contributed by atoms with van der Waals surface area (Å²) in [6.07, 6.45) is 0. The first kappa shape index (κ1) is 13.1. The van der Waals surface area contributed by atoms with Gasteiger partial charge in [-0.1, -0.05) is 6.07 Å². The van der Waals surface area contributed by atoms with Crippen molar-refractivity contribution in [3.63, 3.8) is 0 Å². The maximum Gasteiger partial charge on any atom is 0.101 e. The molecule has 0 spiro atoms. The highest BCUT2D eigenvalue weighted by Crippen LogP contribution is 2.25. The number of halogens is 1. The molecule has 0 amide bonds. The van der Waals surface area contributed by atoms with Crippen LogP contribution in [0.4, 0.5) is 5.69 Å². The number of thiophene rings is 1. The van der Waals surface area contributed by atoms with E-state index in [1.54, 1.807) is 11.3 Å². The van der Waals surface area contributed by atoms with Gasteiger partial charge < -0.3 is 4.90 Å². The molecule has 0 saturated carbocycles. The Labute approximate surface area is 120 Å². The van der Waals surface area contributed by atoms with E-state index in [1.165, 1.54) is 11.1 Å². The number of aryl methyl sites for hydroxylation is 1. The lowest BCUT2D eigenvalue weighted by molar-refractivity contribution is 0.924. The summed E-state index contributed by atoms with van der Waals surface area (Å²) in [7, 11) is 2.02. The average molecular weight is 321 g/mol. The van der Waals surface area contributed by atoms with Crippen molar-refractivity contribution >= 4 is 33.0 Å². The quantitative estimate of drug-likeness (QED) is 0.841. The standard InChI is InChI=1S/C14H13BrN2S/c1-10-3-4-12(7-16)13(5-10)17(2)8-11-6-14(15)18-9-11/h3-6,9H,8H2,1-2H3. The minimum Gasteiger partial charge on any atom is -0.369 e. The molecular weight excluding hydrogens is 308 g/mol. The van der Waals surface area contributed by atoms with Gasteiger partial charge in [-0.15, -0.1) is 11.3 Å². The maximum atomic E-state index is 9.15. The van der Waals surface area contributed by atoms with Crippen molar-refractivity contribution in [2.24, 2.45) is 0 Å². The molecule has 2 rings (SSSR count). The van der Waals surface area contributed by atoms with Crippen LogP contribution in [0.25, 0.3) is 0 Å². The van der Waals surface area contributed by atoms with Crippen molar-refractivity contribution in [1.82, 2.24) is 0 Å². The van der Waals surface area contributed by atoms with E-state index in [9.17, 15) is 0 Å². The maximum absolute atomic E-state index is 9.15. The van der Waals surface area contributed by atoms with Crippen LogP contribution in [0.5, 0.6) is 0 Å². The minimum atomic E-state index is 0.720. The Balaban J connectivity index is 2.26. The smallest absolute Gasteiger partial charge is 0.101 e. The van der Waals surface area contributed by atoms with Crippen LogP contribution in [0, 0.1) is 18.3 Å². The molecule has 18 heavy (non-hydrogen) atoms. The van der Waals surface area contributed by atoms with E-state index in [2.05, 4.69) is 44.4 Å². The van der Waals surface area contributed by atoms with Crippen LogP contribution >= 0.6 is 27.3 Å². The molecule has 0 radical (unpaired) electrons. The zero-order valence-corrected chi connectivity index (χ0v) is 12.7. The summed E-state index contributed by atoms with van der Waals surface area (Å²) in [6, 6.07) is 10.3. The van der Waals surface area contributed by atoms with Gasteiger partial charge in [-0.25, -0.2) is 0 Å². The second-order valence-electron chi connectivity index (χ2n) is 4.25. The lowest BCUT2D eigenvalue weighted by Crippen LogP contribution is -2.17. The molecule has 0 aliphatic rings. The number of nitrogens with zero attached hydrogens (tertiary/aromatic N) is 2. The summed E-state index contributed by atoms with van der Waals surface area (Å²) in [5.41, 5.74) is 4.12. The number of rotatable bonds is 3. The van der Waals surface area contributed by atoms with Crippen molar-refractivity contribution in [3.05, 3.63) is 50.1 Å². The van der Waals surface area contributed by atoms with Crippen molar-refractivity contribution < 1.29 is 0 Å². The van der Waals surface area contributed by atoms with Crippen LogP contribution in [0.3, 0.4) is 0 Å². The van der Waals surface area contributed by atoms with Gasteiger partial charge in [0.2, 0.25) is 0 Å². The third-order valence-corrected chi connectivity index (χ3v) is 4.28. The number of hydrogen-bond acceptors (Lipinski definition) is 3. The Hall–Kier alpha value is -1.31. The summed E-state index contributed by atoms with van der Waals surface area (Å²) in [4.78, 5) is 2.11. The minimum absolute atomic E-state index is 0.720. The predicted molar refractivity (Wildman–Crippen MR) is 80.0 cm³/mol. The summed E-state index contributed by atoms with van der Waals surface area (Å²) in [5, 5.41) is 11.3. The molecule has 0 fully saturated rings. The highest BCUT2D eigenvalue weighted by Gasteiger charge is 2.09. The molecule has 2 aromatic rings. The zero-order chi connectivity index (χ0) is 13.1. The monoisotopic (exact) mass is 320 g/mol. The second kappa shape index (κ2) is 5.55. The van der Waals surface area contributed by atoms with E-state index in [0.717, 1.165) is 21.6 Å². The first-order valence-electron chi connectivity index (χ1n) is 5.55. The van der Waals surface area contributed by atoms with Crippen LogP contribution in [-0.4, -0.2) is 7.05 Å². The normalized spacial score (nSPS) is 10.1. The second-order valence-corrected chi connectivity index (χ2v) is 6.54. The number of nitriles is 1. The third kappa shape index (κ3) is 2.92. The highest BCUT2D eigenvalue weighted by atomic mass is 79.9. The molecule has 1 aromatic heterocycles. The SMILES string of the molecule is Cc1ccc(C#N)c(N(C)Cc2csc(Br)c2)c1. The summed E-state index contributed by atoms with van der Waals surface area (Å²) < 4.78 is 1.13. The summed E-state index contributed by atoms with van der Waals surface area (Å²) in [5.74, 6) is 0. The van der Waals surface area contributed by atoms with Gasteiger partial charge in [0, 0.05) is 13.6 Å². The van der Waals surface area contributed by atoms with Crippen molar-refractivity contribution in [2.75, 3.05) is 11.9 Å². The van der Waals surface area contributed by atoms with Gasteiger partial charge in [0.1, 0.15) is 6.07 Å². The van der Waals surface area contributed by atoms with Crippen LogP contribution < -0.4 is 4.90 Å². The lowest BCUT2D eigenvalue weighted by atomic mass is 10.1. The van der Waals surface area contributed by atoms with Gasteiger partial charge in [0.05, 0.1) is 15.0 Å². The van der Waals surface area contributed by atoms with E-state index in [0.29, 0.717) is 0 Å². The van der Waals surface area contributed by atoms with Crippen molar-refractivity contribution in [1.29, 1.82) is 5.26 Å². The van der Waals surface area contributed by atoms with E-state index < -0.39 is 0 Å². The predicted octanol–water partition coefficient (Wildman–Crippen LogP) is 4.33. The molecule has 92 valence electrons. The van der Waals surface area contributed by atoms with Crippen LogP contribution in [-0.2, 0) is 6.54 Å². The lowest BCUT2D eigenvalue weighted by Gasteiger charge is -2.20. The Morgan fingerprint density at radius 3 is 2.78 bits per heavy atom. The van der Waals surface area contributed by atoms with Crippen LogP contribution in [0.15, 0.2) is 33.4 Å². The molecule has 1 heterocycles. The topological polar surface area (TPSA) is 27.0 Å². The molecule has 0 unspecified atom stereocenters. The van der Waals surface area contributed by atoms with E-state index in [1.807, 2.05) is 26.1 Å². The van der Waals surface area contributed by atoms with Gasteiger partial charge in [-0.3, -0.25) is 0 Å². The van der Waals surface area contributed by atoms with Crippen LogP contribution in [0.2, 0.25) is 0 Å². The van der Waals surface area contributed by atoms with Gasteiger partial charge in [-0.2, -0.15) is 5.26 Å². The molecule has 1 aromatic carbocycles. The number of anilines is 1. The molecule has 0 aliphatic heterocycles. The third-order valence-electron chi connectivity index (χ3n) is 2.73. The number of benzene rings is 1. The Bertz CT molecular complexity index is 598. The van der Waals surface area contributed by atoms with E-state index in [-0.39, 0.29) is 0 Å². The molecule has 0 bridgehead atoms. The van der Waals surface area contributed by atoms with Crippen LogP contribution in [0.1, 0.15) is 16.7 Å². The molecule has 2 nitrogen and oxygen atoms in total. The van der Waals surface area contributed by atoms with Gasteiger partial charge in [0.15, 0.2) is 0 Å². The Morgan fingerprint density at radius 1 is 1.39 bits per heavy atom. The van der Waals surface area contributed by atoms with Gasteiger partial charge >= 0.3 is 0 Å². The average Bonchev–Trinajstić information content (AvgIpc) is 2.74. The van der Waals surface area contributed by atoms with Crippen molar-refractivity contribution in [2.45, 2.75) is 13.5 Å². The molecule has 4 heteroatoms. The molecular formula is C14H13BrN2S.